The van der Waals surface area contributed by atoms with Crippen LogP contribution in [0.3, 0.4) is 0 Å². The third-order valence-electron chi connectivity index (χ3n) is 6.72. The molecule has 3 aliphatic heterocycles. The summed E-state index contributed by atoms with van der Waals surface area (Å²) in [4.78, 5) is 19.3. The van der Waals surface area contributed by atoms with Crippen molar-refractivity contribution in [2.75, 3.05) is 18.4 Å². The molecule has 8 nitrogen and oxygen atoms in total. The van der Waals surface area contributed by atoms with Crippen molar-refractivity contribution >= 4 is 22.4 Å². The number of amides is 1. The molecular formula is C19H26N6O2S. The molecule has 1 unspecified atom stereocenters. The van der Waals surface area contributed by atoms with Gasteiger partial charge in [-0.05, 0) is 38.1 Å². The van der Waals surface area contributed by atoms with Crippen molar-refractivity contribution in [2.45, 2.75) is 56.7 Å². The summed E-state index contributed by atoms with van der Waals surface area (Å²) in [6.07, 6.45) is 9.34. The number of nitrogens with zero attached hydrogens (tertiary/aromatic N) is 5. The Hall–Kier alpha value is -1.84. The fourth-order valence-corrected chi connectivity index (χ4v) is 5.67. The Balaban J connectivity index is 1.22. The fourth-order valence-electron chi connectivity index (χ4n) is 5.14. The van der Waals surface area contributed by atoms with Gasteiger partial charge < -0.3 is 10.4 Å². The third-order valence-corrected chi connectivity index (χ3v) is 7.41. The second-order valence-electron chi connectivity index (χ2n) is 8.43. The molecule has 2 aromatic heterocycles. The van der Waals surface area contributed by atoms with E-state index in [1.165, 1.54) is 11.3 Å². The molecule has 2 bridgehead atoms. The molecule has 28 heavy (non-hydrogen) atoms. The van der Waals surface area contributed by atoms with Gasteiger partial charge in [-0.1, -0.05) is 18.1 Å². The average molecular weight is 403 g/mol. The van der Waals surface area contributed by atoms with E-state index in [9.17, 15) is 9.90 Å². The van der Waals surface area contributed by atoms with E-state index in [4.69, 9.17) is 0 Å². The molecule has 0 spiro atoms. The topological polar surface area (TPSA) is 96.2 Å². The summed E-state index contributed by atoms with van der Waals surface area (Å²) in [7, 11) is 0. The molecule has 2 N–H and O–H groups in total. The maximum absolute atomic E-state index is 12.7. The van der Waals surface area contributed by atoms with Crippen molar-refractivity contribution in [1.82, 2.24) is 24.9 Å². The molecular weight excluding hydrogens is 376 g/mol. The van der Waals surface area contributed by atoms with Crippen molar-refractivity contribution in [3.63, 3.8) is 0 Å². The molecule has 150 valence electrons. The second kappa shape index (κ2) is 7.20. The Morgan fingerprint density at radius 2 is 2.25 bits per heavy atom. The Morgan fingerprint density at radius 3 is 2.96 bits per heavy atom. The maximum Gasteiger partial charge on any atom is 0.230 e. The SMILES string of the molecule is O=C(Nc1nccs1)[C@@H]1CN2CC[C@@H]1C[C@@H]2Cn1cc(C2(O)CCCC2)nn1. The van der Waals surface area contributed by atoms with Crippen LogP contribution in [0.2, 0.25) is 0 Å². The van der Waals surface area contributed by atoms with Gasteiger partial charge in [0.2, 0.25) is 5.91 Å². The van der Waals surface area contributed by atoms with Gasteiger partial charge >= 0.3 is 0 Å². The molecule has 6 rings (SSSR count). The van der Waals surface area contributed by atoms with Crippen LogP contribution in [0.15, 0.2) is 17.8 Å². The van der Waals surface area contributed by atoms with Crippen LogP contribution >= 0.6 is 11.3 Å². The lowest BCUT2D eigenvalue weighted by Gasteiger charge is -2.49. The van der Waals surface area contributed by atoms with E-state index in [0.29, 0.717) is 22.8 Å². The van der Waals surface area contributed by atoms with Crippen LogP contribution in [0.1, 0.15) is 44.2 Å². The first-order valence-corrected chi connectivity index (χ1v) is 11.1. The number of aliphatic hydroxyl groups is 1. The van der Waals surface area contributed by atoms with Crippen LogP contribution in [-0.4, -0.2) is 55.0 Å². The van der Waals surface area contributed by atoms with E-state index >= 15 is 0 Å². The normalized spacial score (nSPS) is 31.2. The highest BCUT2D eigenvalue weighted by Gasteiger charge is 2.43. The van der Waals surface area contributed by atoms with Gasteiger partial charge in [0.25, 0.3) is 0 Å². The molecule has 1 saturated carbocycles. The van der Waals surface area contributed by atoms with Crippen molar-refractivity contribution in [2.24, 2.45) is 11.8 Å². The van der Waals surface area contributed by atoms with Crippen molar-refractivity contribution in [1.29, 1.82) is 0 Å². The highest BCUT2D eigenvalue weighted by Crippen LogP contribution is 2.39. The first-order chi connectivity index (χ1) is 13.6. The smallest absolute Gasteiger partial charge is 0.230 e. The number of carbonyl (C=O) groups is 1. The van der Waals surface area contributed by atoms with Crippen molar-refractivity contribution in [3.8, 4) is 0 Å². The zero-order valence-electron chi connectivity index (χ0n) is 15.8. The number of thiazole rings is 1. The number of rotatable bonds is 5. The molecule has 4 aliphatic rings. The van der Waals surface area contributed by atoms with Gasteiger partial charge in [-0.25, -0.2) is 4.98 Å². The lowest BCUT2D eigenvalue weighted by molar-refractivity contribution is -0.127. The minimum atomic E-state index is -0.789. The van der Waals surface area contributed by atoms with Gasteiger partial charge in [-0.15, -0.1) is 16.4 Å². The number of hydrogen-bond acceptors (Lipinski definition) is 7. The standard InChI is InChI=1S/C19H26N6O2S/c26-17(21-18-20-6-8-28-18)15-11-24-7-3-13(15)9-14(24)10-25-12-16(22-23-25)19(27)4-1-2-5-19/h6,8,12-15,27H,1-5,7,9-11H2,(H,20,21,26)/t13-,14-,15-/m1/s1. The van der Waals surface area contributed by atoms with Crippen LogP contribution in [0.4, 0.5) is 5.13 Å². The number of piperidine rings is 3. The largest absolute Gasteiger partial charge is 0.383 e. The molecule has 3 saturated heterocycles. The van der Waals surface area contributed by atoms with Crippen LogP contribution < -0.4 is 5.32 Å². The van der Waals surface area contributed by atoms with E-state index in [1.54, 1.807) is 6.20 Å². The summed E-state index contributed by atoms with van der Waals surface area (Å²) in [5.41, 5.74) is -0.0787. The van der Waals surface area contributed by atoms with Gasteiger partial charge in [-0.2, -0.15) is 0 Å². The minimum Gasteiger partial charge on any atom is -0.383 e. The van der Waals surface area contributed by atoms with E-state index in [0.717, 1.165) is 58.2 Å². The summed E-state index contributed by atoms with van der Waals surface area (Å²) < 4.78 is 1.88. The lowest BCUT2D eigenvalue weighted by atomic mass is 9.75. The Morgan fingerprint density at radius 1 is 1.39 bits per heavy atom. The van der Waals surface area contributed by atoms with Crippen LogP contribution in [0.25, 0.3) is 0 Å². The van der Waals surface area contributed by atoms with Gasteiger partial charge in [0.15, 0.2) is 5.13 Å². The van der Waals surface area contributed by atoms with E-state index in [2.05, 4.69) is 25.5 Å². The van der Waals surface area contributed by atoms with Gasteiger partial charge in [0.05, 0.1) is 18.7 Å². The zero-order chi connectivity index (χ0) is 19.1. The molecule has 4 fully saturated rings. The Bertz CT molecular complexity index is 831. The summed E-state index contributed by atoms with van der Waals surface area (Å²) >= 11 is 1.45. The maximum atomic E-state index is 12.7. The highest BCUT2D eigenvalue weighted by atomic mass is 32.1. The summed E-state index contributed by atoms with van der Waals surface area (Å²) in [5, 5.41) is 24.8. The summed E-state index contributed by atoms with van der Waals surface area (Å²) in [6.45, 7) is 2.58. The minimum absolute atomic E-state index is 0.0272. The molecule has 0 aromatic carbocycles. The molecule has 2 aromatic rings. The quantitative estimate of drug-likeness (QED) is 0.792. The number of nitrogens with one attached hydrogen (secondary N) is 1. The first-order valence-electron chi connectivity index (χ1n) is 10.2. The van der Waals surface area contributed by atoms with Crippen LogP contribution in [0, 0.1) is 11.8 Å². The molecule has 5 heterocycles. The number of hydrogen-bond donors (Lipinski definition) is 2. The number of aromatic nitrogens is 4. The lowest BCUT2D eigenvalue weighted by Crippen LogP contribution is -2.57. The zero-order valence-corrected chi connectivity index (χ0v) is 16.6. The Kier molecular flexibility index (Phi) is 4.68. The molecule has 9 heteroatoms. The predicted molar refractivity (Wildman–Crippen MR) is 105 cm³/mol. The molecule has 4 atom stereocenters. The Labute approximate surface area is 168 Å². The average Bonchev–Trinajstić information content (AvgIpc) is 3.45. The predicted octanol–water partition coefficient (Wildman–Crippen LogP) is 1.85. The van der Waals surface area contributed by atoms with Crippen molar-refractivity contribution < 1.29 is 9.90 Å². The summed E-state index contributed by atoms with van der Waals surface area (Å²) in [6, 6.07) is 0.371. The van der Waals surface area contributed by atoms with E-state index < -0.39 is 5.60 Å². The van der Waals surface area contributed by atoms with Crippen LogP contribution in [-0.2, 0) is 16.9 Å². The van der Waals surface area contributed by atoms with Gasteiger partial charge in [0.1, 0.15) is 11.3 Å². The third kappa shape index (κ3) is 3.35. The van der Waals surface area contributed by atoms with Gasteiger partial charge in [0, 0.05) is 24.2 Å². The molecule has 1 aliphatic carbocycles. The monoisotopic (exact) mass is 402 g/mol. The van der Waals surface area contributed by atoms with E-state index in [1.807, 2.05) is 16.3 Å². The van der Waals surface area contributed by atoms with Gasteiger partial charge in [-0.3, -0.25) is 14.4 Å². The molecule has 0 radical (unpaired) electrons. The summed E-state index contributed by atoms with van der Waals surface area (Å²) in [5.74, 6) is 0.519. The molecule has 1 amide bonds. The van der Waals surface area contributed by atoms with Crippen molar-refractivity contribution in [3.05, 3.63) is 23.5 Å². The van der Waals surface area contributed by atoms with E-state index in [-0.39, 0.29) is 11.8 Å². The highest BCUT2D eigenvalue weighted by molar-refractivity contribution is 7.13. The van der Waals surface area contributed by atoms with Crippen LogP contribution in [0.5, 0.6) is 0 Å². The number of anilines is 1. The number of carbonyl (C=O) groups excluding carboxylic acids is 1. The number of fused-ring (bicyclic) bond motifs is 3. The first kappa shape index (κ1) is 18.2. The fraction of sp³-hybridized carbons (Fsp3) is 0.684. The second-order valence-corrected chi connectivity index (χ2v) is 9.33.